The van der Waals surface area contributed by atoms with Gasteiger partial charge in [0.05, 0.1) is 30.4 Å². The first-order valence-corrected chi connectivity index (χ1v) is 13.1. The molecule has 8 N–H and O–H groups in total. The van der Waals surface area contributed by atoms with Crippen LogP contribution < -0.4 is 5.32 Å². The van der Waals surface area contributed by atoms with Crippen molar-refractivity contribution < 1.29 is 41.4 Å². The minimum Gasteiger partial charge on any atom is -0.679 e. The molecule has 222 valence electrons. The minimum absolute atomic E-state index is 0. The molecule has 0 fully saturated rings. The molecule has 1 aromatic heterocycles. The number of ketones is 2. The molecule has 0 saturated carbocycles. The van der Waals surface area contributed by atoms with E-state index in [1.54, 1.807) is 41.5 Å². The molecule has 0 unspecified atom stereocenters. The third-order valence-corrected chi connectivity index (χ3v) is 6.05. The topological polar surface area (TPSA) is 168 Å². The fraction of sp³-hybridized carbons (Fsp3) is 0.355. The maximum atomic E-state index is 12.5. The molecule has 0 atom stereocenters. The van der Waals surface area contributed by atoms with E-state index < -0.39 is 0 Å². The zero-order chi connectivity index (χ0) is 30.2. The first kappa shape index (κ1) is 37.4. The molecule has 41 heavy (non-hydrogen) atoms. The van der Waals surface area contributed by atoms with Crippen LogP contribution in [0.2, 0.25) is 0 Å². The minimum atomic E-state index is -0.108. The summed E-state index contributed by atoms with van der Waals surface area (Å²) < 4.78 is 0. The summed E-state index contributed by atoms with van der Waals surface area (Å²) in [6.45, 7) is 12.0. The number of nitrogens with one attached hydrogen (secondary N) is 2. The quantitative estimate of drug-likeness (QED) is 0.117. The molecule has 0 saturated heterocycles. The molecule has 2 aromatic carbocycles. The van der Waals surface area contributed by atoms with Gasteiger partial charge in [-0.05, 0) is 32.0 Å². The van der Waals surface area contributed by atoms with Crippen LogP contribution in [0.4, 0.5) is 0 Å². The molecule has 10 heteroatoms. The fourth-order valence-corrected chi connectivity index (χ4v) is 3.21. The van der Waals surface area contributed by atoms with Gasteiger partial charge in [0.15, 0.2) is 0 Å². The Labute approximate surface area is 252 Å². The maximum absolute atomic E-state index is 12.5. The molecule has 0 aliphatic carbocycles. The van der Waals surface area contributed by atoms with Crippen molar-refractivity contribution in [2.75, 3.05) is 26.2 Å². The van der Waals surface area contributed by atoms with Gasteiger partial charge < -0.3 is 26.6 Å². The number of hydrogen-bond donors (Lipinski definition) is 1. The van der Waals surface area contributed by atoms with Crippen LogP contribution in [0.3, 0.4) is 0 Å². The third-order valence-electron chi connectivity index (χ3n) is 6.05. The Hall–Kier alpha value is -3.57. The summed E-state index contributed by atoms with van der Waals surface area (Å²) in [6.07, 6.45) is 0.785. The second kappa shape index (κ2) is 19.5. The number of hydrogen-bond acceptors (Lipinski definition) is 2. The molecule has 0 spiro atoms. The number of pyridine rings is 1. The summed E-state index contributed by atoms with van der Waals surface area (Å²) in [4.78, 5) is 34.6. The van der Waals surface area contributed by atoms with E-state index in [2.05, 4.69) is 21.7 Å². The largest absolute Gasteiger partial charge is 3.00 e. The van der Waals surface area contributed by atoms with Gasteiger partial charge in [-0.3, -0.25) is 14.4 Å². The molecule has 0 aliphatic heterocycles. The van der Waals surface area contributed by atoms with Crippen molar-refractivity contribution in [2.45, 2.75) is 48.0 Å². The Morgan fingerprint density at radius 2 is 1.44 bits per heavy atom. The fourth-order valence-electron chi connectivity index (χ4n) is 3.21. The number of carbonyl (C=O) groups excluding carboxylic acids is 3. The van der Waals surface area contributed by atoms with Crippen molar-refractivity contribution in [3.05, 3.63) is 87.8 Å². The third kappa shape index (κ3) is 13.1. The van der Waals surface area contributed by atoms with E-state index in [9.17, 15) is 4.79 Å². The van der Waals surface area contributed by atoms with Gasteiger partial charge in [0.2, 0.25) is 11.5 Å². The van der Waals surface area contributed by atoms with Crippen molar-refractivity contribution in [3.63, 3.8) is 0 Å². The predicted octanol–water partition coefficient (Wildman–Crippen LogP) is 5.07. The zero-order valence-corrected chi connectivity index (χ0v) is 25.7. The second-order valence-electron chi connectivity index (χ2n) is 9.26. The van der Waals surface area contributed by atoms with E-state index >= 15 is 0 Å². The molecule has 3 aromatic rings. The molecule has 0 radical (unpaired) electrons. The molecule has 1 amide bonds. The number of para-hydroxylation sites is 2. The van der Waals surface area contributed by atoms with Gasteiger partial charge >= 0.3 is 28.3 Å². The second-order valence-corrected chi connectivity index (χ2v) is 9.26. The first-order chi connectivity index (χ1) is 18.9. The van der Waals surface area contributed by atoms with Gasteiger partial charge in [-0.25, -0.2) is 4.98 Å². The number of benzene rings is 2. The van der Waals surface area contributed by atoms with E-state index in [0.29, 0.717) is 54.4 Å². The average molecular weight is 612 g/mol. The van der Waals surface area contributed by atoms with Gasteiger partial charge in [0, 0.05) is 31.2 Å². The molecule has 9 nitrogen and oxygen atoms in total. The Morgan fingerprint density at radius 1 is 0.878 bits per heavy atom. The molecular weight excluding hydrogens is 567 g/mol. The number of nitrogens with zero attached hydrogens (tertiary/aromatic N) is 2. The van der Waals surface area contributed by atoms with Crippen molar-refractivity contribution in [2.24, 2.45) is 0 Å². The number of carbonyl (C=O) groups is 1. The SMILES string of the molecule is CC(=[OH+])C(C)=C(C)[OH2+].CC(=[OH+])C(C)=C(C)[OH2+].[Co+3].[NH-]CC[N-]CCCNC(=O)c1cccc2cc3ccccc3nc12. The zero-order valence-electron chi connectivity index (χ0n) is 24.7. The Balaban J connectivity index is 0.000000781. The Morgan fingerprint density at radius 3 is 1.95 bits per heavy atom. The van der Waals surface area contributed by atoms with Crippen LogP contribution in [0.5, 0.6) is 0 Å². The molecule has 1 heterocycles. The molecule has 0 aliphatic rings. The van der Waals surface area contributed by atoms with Gasteiger partial charge in [0.25, 0.3) is 5.91 Å². The van der Waals surface area contributed by atoms with Crippen LogP contribution in [0.15, 0.2) is 71.2 Å². The van der Waals surface area contributed by atoms with Gasteiger partial charge in [-0.1, -0.05) is 36.8 Å². The van der Waals surface area contributed by atoms with E-state index in [1.807, 2.05) is 42.5 Å². The van der Waals surface area contributed by atoms with Crippen molar-refractivity contribution in [3.8, 4) is 0 Å². The van der Waals surface area contributed by atoms with Crippen LogP contribution in [-0.2, 0) is 16.8 Å². The predicted molar refractivity (Wildman–Crippen MR) is 168 cm³/mol. The van der Waals surface area contributed by atoms with Crippen LogP contribution in [0.1, 0.15) is 58.3 Å². The monoisotopic (exact) mass is 611 g/mol. The van der Waals surface area contributed by atoms with E-state index in [-0.39, 0.29) is 34.3 Å². The molecule has 0 bridgehead atoms. The maximum Gasteiger partial charge on any atom is 3.00 e. The standard InChI is InChI=1S/C19H20N4O.2C6H10O2.Co/c20-9-12-21-10-4-11-22-19(24)16-7-3-6-15-13-14-5-1-2-8-17(14)23-18(15)16;2*1-4(5(2)7)6(3)8;/h1-3,5-8,13,20H,4,9-12H2,(H,22,24);2*7H,1-3H3;/q-2;;;+3/p+4. The summed E-state index contributed by atoms with van der Waals surface area (Å²) in [6, 6.07) is 15.6. The van der Waals surface area contributed by atoms with E-state index in [1.165, 1.54) is 0 Å². The number of amides is 1. The normalized spacial score (nSPS) is 11.5. The Bertz CT molecular complexity index is 1340. The number of aromatic nitrogens is 1. The van der Waals surface area contributed by atoms with Crippen molar-refractivity contribution in [1.82, 2.24) is 10.3 Å². The van der Waals surface area contributed by atoms with Crippen molar-refractivity contribution in [1.29, 1.82) is 0 Å². The smallest absolute Gasteiger partial charge is 0.679 e. The van der Waals surface area contributed by atoms with Crippen LogP contribution >= 0.6 is 0 Å². The molecular formula is C31H44CoN4O5+5. The number of rotatable bonds is 9. The number of fused-ring (bicyclic) bond motifs is 2. The summed E-state index contributed by atoms with van der Waals surface area (Å²) >= 11 is 0. The molecule has 3 rings (SSSR count). The van der Waals surface area contributed by atoms with Gasteiger partial charge in [-0.2, -0.15) is 13.1 Å². The summed E-state index contributed by atoms with van der Waals surface area (Å²) in [5.41, 5.74) is 10.6. The number of allylic oxidation sites excluding steroid dienone is 4. The summed E-state index contributed by atoms with van der Waals surface area (Å²) in [7, 11) is 0. The van der Waals surface area contributed by atoms with Crippen molar-refractivity contribution >= 4 is 39.3 Å². The van der Waals surface area contributed by atoms with E-state index in [0.717, 1.165) is 28.2 Å². The Kier molecular flexibility index (Phi) is 17.8. The van der Waals surface area contributed by atoms with Gasteiger partial charge in [-0.15, -0.1) is 6.54 Å². The summed E-state index contributed by atoms with van der Waals surface area (Å²) in [5.74, 6) is 1.20. The summed E-state index contributed by atoms with van der Waals surface area (Å²) in [5, 5.41) is 23.2. The van der Waals surface area contributed by atoms with Crippen LogP contribution in [-0.4, -0.2) is 68.4 Å². The van der Waals surface area contributed by atoms with Crippen LogP contribution in [0.25, 0.3) is 32.9 Å². The first-order valence-electron chi connectivity index (χ1n) is 13.1. The van der Waals surface area contributed by atoms with Crippen LogP contribution in [0, 0.1) is 0 Å². The van der Waals surface area contributed by atoms with E-state index in [4.69, 9.17) is 25.5 Å². The van der Waals surface area contributed by atoms with Gasteiger partial charge in [0.1, 0.15) is 11.1 Å². The average Bonchev–Trinajstić information content (AvgIpc) is 2.92.